The van der Waals surface area contributed by atoms with E-state index in [9.17, 15) is 17.2 Å². The summed E-state index contributed by atoms with van der Waals surface area (Å²) in [7, 11) is -4.25. The molecule has 0 bridgehead atoms. The van der Waals surface area contributed by atoms with Gasteiger partial charge in [0.25, 0.3) is 0 Å². The van der Waals surface area contributed by atoms with Crippen LogP contribution in [0.25, 0.3) is 0 Å². The molecule has 2 rings (SSSR count). The van der Waals surface area contributed by atoms with Gasteiger partial charge in [-0.25, -0.2) is 21.9 Å². The maximum Gasteiger partial charge on any atom is 0.246 e. The van der Waals surface area contributed by atoms with E-state index < -0.39 is 26.6 Å². The molecule has 0 aliphatic carbocycles. The monoisotopic (exact) mass is 368 g/mol. The number of benzene rings is 2. The van der Waals surface area contributed by atoms with Gasteiger partial charge < -0.3 is 0 Å². The highest BCUT2D eigenvalue weighted by atomic mass is 32.2. The van der Waals surface area contributed by atoms with Gasteiger partial charge in [0.05, 0.1) is 11.6 Å². The van der Waals surface area contributed by atoms with E-state index in [2.05, 4.69) is 10.8 Å². The lowest BCUT2D eigenvalue weighted by Gasteiger charge is -2.08. The third-order valence-corrected chi connectivity index (χ3v) is 5.64. The van der Waals surface area contributed by atoms with E-state index in [1.165, 1.54) is 11.8 Å². The van der Waals surface area contributed by atoms with Crippen LogP contribution in [-0.2, 0) is 15.8 Å². The number of nitriles is 1. The number of sulfonamides is 1. The molecule has 0 amide bonds. The van der Waals surface area contributed by atoms with Gasteiger partial charge in [-0.2, -0.15) is 17.0 Å². The Morgan fingerprint density at radius 1 is 1.08 bits per heavy atom. The van der Waals surface area contributed by atoms with Crippen LogP contribution in [0.2, 0.25) is 0 Å². The van der Waals surface area contributed by atoms with Crippen molar-refractivity contribution in [2.75, 3.05) is 12.3 Å². The Morgan fingerprint density at radius 3 is 2.42 bits per heavy atom. The molecule has 2 aromatic carbocycles. The van der Waals surface area contributed by atoms with Crippen molar-refractivity contribution in [1.82, 2.24) is 4.72 Å². The first-order valence-electron chi connectivity index (χ1n) is 6.95. The van der Waals surface area contributed by atoms with Crippen LogP contribution in [0.15, 0.2) is 47.4 Å². The van der Waals surface area contributed by atoms with Crippen molar-refractivity contribution in [3.05, 3.63) is 65.2 Å². The van der Waals surface area contributed by atoms with Crippen LogP contribution < -0.4 is 4.72 Å². The predicted molar refractivity (Wildman–Crippen MR) is 88.9 cm³/mol. The Labute approximate surface area is 143 Å². The van der Waals surface area contributed by atoms with E-state index >= 15 is 0 Å². The summed E-state index contributed by atoms with van der Waals surface area (Å²) in [6, 6.07) is 12.1. The number of thioether (sulfide) groups is 1. The summed E-state index contributed by atoms with van der Waals surface area (Å²) in [5.74, 6) is -1.31. The van der Waals surface area contributed by atoms with Gasteiger partial charge in [-0.1, -0.05) is 24.3 Å². The lowest BCUT2D eigenvalue weighted by atomic mass is 10.1. The Hall–Kier alpha value is -1.95. The highest BCUT2D eigenvalue weighted by Gasteiger charge is 2.23. The zero-order valence-corrected chi connectivity index (χ0v) is 14.1. The maximum absolute atomic E-state index is 13.5. The molecular weight excluding hydrogens is 354 g/mol. The Balaban J connectivity index is 1.89. The molecule has 0 unspecified atom stereocenters. The van der Waals surface area contributed by atoms with Crippen LogP contribution >= 0.6 is 11.8 Å². The van der Waals surface area contributed by atoms with Crippen molar-refractivity contribution in [2.45, 2.75) is 10.6 Å². The van der Waals surface area contributed by atoms with Crippen molar-refractivity contribution < 1.29 is 17.2 Å². The van der Waals surface area contributed by atoms with Gasteiger partial charge in [-0.05, 0) is 23.8 Å². The molecule has 1 N–H and O–H groups in total. The molecule has 0 aliphatic heterocycles. The number of hydrogen-bond donors (Lipinski definition) is 1. The molecule has 24 heavy (non-hydrogen) atoms. The number of nitrogens with zero attached hydrogens (tertiary/aromatic N) is 1. The molecule has 0 fully saturated rings. The highest BCUT2D eigenvalue weighted by Crippen LogP contribution is 2.19. The second kappa shape index (κ2) is 8.24. The summed E-state index contributed by atoms with van der Waals surface area (Å²) in [6.07, 6.45) is 0. The van der Waals surface area contributed by atoms with E-state index in [1.54, 1.807) is 12.1 Å². The van der Waals surface area contributed by atoms with Crippen LogP contribution in [0.1, 0.15) is 11.1 Å². The third-order valence-electron chi connectivity index (χ3n) is 3.12. The Bertz CT molecular complexity index is 844. The molecule has 0 aromatic heterocycles. The normalized spacial score (nSPS) is 11.2. The zero-order valence-electron chi connectivity index (χ0n) is 12.5. The fourth-order valence-electron chi connectivity index (χ4n) is 2.00. The molecule has 8 heteroatoms. The molecule has 0 saturated carbocycles. The Kier molecular flexibility index (Phi) is 6.31. The molecular formula is C16H14F2N2O2S2. The fourth-order valence-corrected chi connectivity index (χ4v) is 4.15. The zero-order chi connectivity index (χ0) is 17.6. The highest BCUT2D eigenvalue weighted by molar-refractivity contribution is 7.98. The minimum atomic E-state index is -4.25. The SMILES string of the molecule is N#Cc1ccccc1CSCCNS(=O)(=O)c1c(F)cccc1F. The summed E-state index contributed by atoms with van der Waals surface area (Å²) >= 11 is 1.41. The summed E-state index contributed by atoms with van der Waals surface area (Å²) < 4.78 is 53.2. The summed E-state index contributed by atoms with van der Waals surface area (Å²) in [4.78, 5) is -0.968. The van der Waals surface area contributed by atoms with Gasteiger partial charge in [-0.3, -0.25) is 0 Å². The largest absolute Gasteiger partial charge is 0.246 e. The van der Waals surface area contributed by atoms with Crippen molar-refractivity contribution in [3.63, 3.8) is 0 Å². The van der Waals surface area contributed by atoms with Gasteiger partial charge in [0.15, 0.2) is 4.90 Å². The molecule has 0 saturated heterocycles. The first-order valence-corrected chi connectivity index (χ1v) is 9.59. The maximum atomic E-state index is 13.5. The number of halogens is 2. The lowest BCUT2D eigenvalue weighted by Crippen LogP contribution is -2.27. The van der Waals surface area contributed by atoms with E-state index in [-0.39, 0.29) is 6.54 Å². The van der Waals surface area contributed by atoms with Crippen molar-refractivity contribution in [1.29, 1.82) is 5.26 Å². The number of rotatable bonds is 7. The summed E-state index contributed by atoms with van der Waals surface area (Å²) in [6.45, 7) is 0.0233. The lowest BCUT2D eigenvalue weighted by molar-refractivity contribution is 0.515. The van der Waals surface area contributed by atoms with Crippen LogP contribution in [-0.4, -0.2) is 20.7 Å². The average molecular weight is 368 g/mol. The van der Waals surface area contributed by atoms with E-state index in [1.807, 2.05) is 12.1 Å². The van der Waals surface area contributed by atoms with Crippen molar-refractivity contribution >= 4 is 21.8 Å². The first kappa shape index (κ1) is 18.4. The molecule has 0 radical (unpaired) electrons. The van der Waals surface area contributed by atoms with Crippen LogP contribution in [0.3, 0.4) is 0 Å². The topological polar surface area (TPSA) is 70.0 Å². The molecule has 126 valence electrons. The van der Waals surface area contributed by atoms with Crippen molar-refractivity contribution in [3.8, 4) is 6.07 Å². The minimum Gasteiger partial charge on any atom is -0.210 e. The smallest absolute Gasteiger partial charge is 0.210 e. The Morgan fingerprint density at radius 2 is 1.75 bits per heavy atom. The predicted octanol–water partition coefficient (Wildman–Crippen LogP) is 3.05. The first-order chi connectivity index (χ1) is 11.5. The quantitative estimate of drug-likeness (QED) is 0.763. The average Bonchev–Trinajstić information content (AvgIpc) is 2.54. The molecule has 0 spiro atoms. The number of hydrogen-bond acceptors (Lipinski definition) is 4. The third kappa shape index (κ3) is 4.54. The molecule has 2 aromatic rings. The standard InChI is InChI=1S/C16H14F2N2O2S2/c17-14-6-3-7-15(18)16(14)24(21,22)20-8-9-23-11-13-5-2-1-4-12(13)10-19/h1-7,20H,8-9,11H2. The van der Waals surface area contributed by atoms with E-state index in [0.29, 0.717) is 17.1 Å². The fraction of sp³-hybridized carbons (Fsp3) is 0.188. The number of nitrogens with one attached hydrogen (secondary N) is 1. The summed E-state index contributed by atoms with van der Waals surface area (Å²) in [5, 5.41) is 8.98. The second-order valence-electron chi connectivity index (χ2n) is 4.77. The van der Waals surface area contributed by atoms with E-state index in [0.717, 1.165) is 23.8 Å². The molecule has 0 atom stereocenters. The van der Waals surface area contributed by atoms with Gasteiger partial charge in [0.1, 0.15) is 11.6 Å². The summed E-state index contributed by atoms with van der Waals surface area (Å²) in [5.41, 5.74) is 1.42. The second-order valence-corrected chi connectivity index (χ2v) is 7.58. The van der Waals surface area contributed by atoms with Gasteiger partial charge in [0.2, 0.25) is 10.0 Å². The molecule has 4 nitrogen and oxygen atoms in total. The molecule has 0 aliphatic rings. The van der Waals surface area contributed by atoms with Crippen molar-refractivity contribution in [2.24, 2.45) is 0 Å². The van der Waals surface area contributed by atoms with E-state index in [4.69, 9.17) is 5.26 Å². The van der Waals surface area contributed by atoms with Crippen LogP contribution in [0.5, 0.6) is 0 Å². The van der Waals surface area contributed by atoms with Crippen LogP contribution in [0.4, 0.5) is 8.78 Å². The van der Waals surface area contributed by atoms with Gasteiger partial charge in [-0.15, -0.1) is 0 Å². The van der Waals surface area contributed by atoms with Gasteiger partial charge in [0, 0.05) is 18.1 Å². The molecule has 0 heterocycles. The van der Waals surface area contributed by atoms with Crippen LogP contribution in [0, 0.1) is 23.0 Å². The minimum absolute atomic E-state index is 0.0233. The van der Waals surface area contributed by atoms with Gasteiger partial charge >= 0.3 is 0 Å².